The standard InChI is InChI=1S/C12H18BNO2/c1-16-12(15)11(13)10-8-2-7-3-9(10)6-14(4-7)5-8/h7-9H,2-6,13H2,1H3. The third kappa shape index (κ3) is 1.43. The number of esters is 1. The number of piperidine rings is 3. The molecule has 0 aromatic heterocycles. The molecule has 3 nitrogen and oxygen atoms in total. The van der Waals surface area contributed by atoms with Crippen LogP contribution in [0.5, 0.6) is 0 Å². The van der Waals surface area contributed by atoms with Crippen LogP contribution in [0.25, 0.3) is 0 Å². The molecule has 3 heterocycles. The van der Waals surface area contributed by atoms with Gasteiger partial charge in [-0.2, -0.15) is 0 Å². The van der Waals surface area contributed by atoms with Gasteiger partial charge in [0.1, 0.15) is 7.85 Å². The highest BCUT2D eigenvalue weighted by molar-refractivity contribution is 6.35. The topological polar surface area (TPSA) is 29.5 Å². The maximum atomic E-state index is 11.6. The van der Waals surface area contributed by atoms with Crippen LogP contribution < -0.4 is 0 Å². The molecule has 1 aliphatic carbocycles. The van der Waals surface area contributed by atoms with Gasteiger partial charge in [0.2, 0.25) is 0 Å². The van der Waals surface area contributed by atoms with Crippen molar-refractivity contribution in [1.29, 1.82) is 0 Å². The smallest absolute Gasteiger partial charge is 0.323 e. The molecule has 1 saturated carbocycles. The number of ether oxygens (including phenoxy) is 1. The van der Waals surface area contributed by atoms with Crippen molar-refractivity contribution in [3.05, 3.63) is 11.0 Å². The summed E-state index contributed by atoms with van der Waals surface area (Å²) in [6.45, 7) is 3.62. The molecule has 4 rings (SSSR count). The van der Waals surface area contributed by atoms with Crippen molar-refractivity contribution in [2.45, 2.75) is 12.8 Å². The maximum absolute atomic E-state index is 11.6. The van der Waals surface area contributed by atoms with Crippen molar-refractivity contribution < 1.29 is 9.53 Å². The number of rotatable bonds is 1. The van der Waals surface area contributed by atoms with Crippen LogP contribution >= 0.6 is 0 Å². The highest BCUT2D eigenvalue weighted by Crippen LogP contribution is 2.47. The normalized spacial score (nSPS) is 39.9. The summed E-state index contributed by atoms with van der Waals surface area (Å²) < 4.78 is 4.86. The largest absolute Gasteiger partial charge is 0.466 e. The monoisotopic (exact) mass is 219 g/mol. The lowest BCUT2D eigenvalue weighted by Crippen LogP contribution is -2.55. The van der Waals surface area contributed by atoms with E-state index in [1.807, 2.05) is 7.85 Å². The minimum Gasteiger partial charge on any atom is -0.466 e. The molecular formula is C12H18BNO2. The van der Waals surface area contributed by atoms with Gasteiger partial charge in [0.05, 0.1) is 7.11 Å². The van der Waals surface area contributed by atoms with E-state index in [9.17, 15) is 4.79 Å². The summed E-state index contributed by atoms with van der Waals surface area (Å²) >= 11 is 0. The van der Waals surface area contributed by atoms with Gasteiger partial charge in [0.25, 0.3) is 0 Å². The number of carbonyl (C=O) groups excluding carboxylic acids is 1. The van der Waals surface area contributed by atoms with Gasteiger partial charge in [-0.15, -0.1) is 0 Å². The Balaban J connectivity index is 1.94. The van der Waals surface area contributed by atoms with Crippen LogP contribution in [0.2, 0.25) is 0 Å². The van der Waals surface area contributed by atoms with Crippen LogP contribution in [0.3, 0.4) is 0 Å². The van der Waals surface area contributed by atoms with Crippen LogP contribution in [-0.2, 0) is 9.53 Å². The van der Waals surface area contributed by atoms with Gasteiger partial charge in [0.15, 0.2) is 0 Å². The molecule has 0 aromatic carbocycles. The second kappa shape index (κ2) is 3.62. The van der Waals surface area contributed by atoms with Crippen molar-refractivity contribution in [2.24, 2.45) is 17.8 Å². The Morgan fingerprint density at radius 1 is 1.31 bits per heavy atom. The average Bonchev–Trinajstić information content (AvgIpc) is 2.26. The Morgan fingerprint density at radius 2 is 1.94 bits per heavy atom. The van der Waals surface area contributed by atoms with Crippen LogP contribution in [0.4, 0.5) is 0 Å². The second-order valence-electron chi connectivity index (χ2n) is 5.52. The Labute approximate surface area is 97.2 Å². The summed E-state index contributed by atoms with van der Waals surface area (Å²) in [7, 11) is 3.42. The van der Waals surface area contributed by atoms with Crippen molar-refractivity contribution in [3.8, 4) is 0 Å². The molecule has 0 aromatic rings. The van der Waals surface area contributed by atoms with E-state index in [0.717, 1.165) is 24.5 Å². The summed E-state index contributed by atoms with van der Waals surface area (Å²) in [4.78, 5) is 14.2. The molecule has 0 amide bonds. The first-order valence-corrected chi connectivity index (χ1v) is 6.20. The quantitative estimate of drug-likeness (QED) is 0.353. The van der Waals surface area contributed by atoms with Gasteiger partial charge in [-0.05, 0) is 36.1 Å². The van der Waals surface area contributed by atoms with Gasteiger partial charge >= 0.3 is 5.97 Å². The Morgan fingerprint density at radius 3 is 2.44 bits per heavy atom. The van der Waals surface area contributed by atoms with E-state index < -0.39 is 0 Å². The molecule has 4 aliphatic rings. The third-order valence-electron chi connectivity index (χ3n) is 4.51. The lowest BCUT2D eigenvalue weighted by Gasteiger charge is -2.53. The Hall–Kier alpha value is -0.765. The fourth-order valence-corrected chi connectivity index (χ4v) is 4.08. The third-order valence-corrected chi connectivity index (χ3v) is 4.51. The number of hydrogen-bond donors (Lipinski definition) is 0. The van der Waals surface area contributed by atoms with E-state index in [4.69, 9.17) is 4.74 Å². The summed E-state index contributed by atoms with van der Waals surface area (Å²) in [6, 6.07) is 0. The Kier molecular flexibility index (Phi) is 2.35. The minimum atomic E-state index is -0.127. The van der Waals surface area contributed by atoms with Crippen LogP contribution in [0.15, 0.2) is 11.0 Å². The van der Waals surface area contributed by atoms with E-state index in [-0.39, 0.29) is 5.97 Å². The number of carbonyl (C=O) groups is 1. The summed E-state index contributed by atoms with van der Waals surface area (Å²) in [5, 5.41) is 0. The highest BCUT2D eigenvalue weighted by Gasteiger charge is 2.45. The minimum absolute atomic E-state index is 0.127. The predicted molar refractivity (Wildman–Crippen MR) is 63.7 cm³/mol. The van der Waals surface area contributed by atoms with Crippen LogP contribution in [0.1, 0.15) is 12.8 Å². The molecule has 2 atom stereocenters. The summed E-state index contributed by atoms with van der Waals surface area (Å²) in [5.74, 6) is 2.01. The number of nitrogens with zero attached hydrogens (tertiary/aromatic N) is 1. The van der Waals surface area contributed by atoms with Crippen molar-refractivity contribution >= 4 is 13.8 Å². The van der Waals surface area contributed by atoms with Gasteiger partial charge in [-0.25, -0.2) is 4.79 Å². The predicted octanol–water partition coefficient (Wildman–Crippen LogP) is 0.0182. The average molecular weight is 219 g/mol. The lowest BCUT2D eigenvalue weighted by atomic mass is 9.62. The van der Waals surface area contributed by atoms with E-state index in [1.54, 1.807) is 0 Å². The number of hydrogen-bond acceptors (Lipinski definition) is 3. The van der Waals surface area contributed by atoms with Gasteiger partial charge < -0.3 is 9.64 Å². The van der Waals surface area contributed by atoms with Crippen LogP contribution in [0, 0.1) is 17.8 Å². The fraction of sp³-hybridized carbons (Fsp3) is 0.750. The molecule has 3 aliphatic heterocycles. The molecule has 4 fully saturated rings. The van der Waals surface area contributed by atoms with Crippen LogP contribution in [-0.4, -0.2) is 45.5 Å². The first kappa shape index (κ1) is 10.4. The summed E-state index contributed by atoms with van der Waals surface area (Å²) in [6.07, 6.45) is 2.58. The first-order chi connectivity index (χ1) is 7.69. The Bertz CT molecular complexity index is 334. The van der Waals surface area contributed by atoms with Crippen molar-refractivity contribution in [2.75, 3.05) is 26.7 Å². The van der Waals surface area contributed by atoms with Gasteiger partial charge in [-0.3, -0.25) is 0 Å². The summed E-state index contributed by atoms with van der Waals surface area (Å²) in [5.41, 5.74) is 2.30. The molecule has 4 heteroatoms. The van der Waals surface area contributed by atoms with E-state index in [1.165, 1.54) is 32.1 Å². The lowest BCUT2D eigenvalue weighted by molar-refractivity contribution is -0.135. The molecule has 4 bridgehead atoms. The molecule has 86 valence electrons. The maximum Gasteiger partial charge on any atom is 0.323 e. The van der Waals surface area contributed by atoms with Crippen molar-refractivity contribution in [1.82, 2.24) is 4.90 Å². The van der Waals surface area contributed by atoms with Crippen molar-refractivity contribution in [3.63, 3.8) is 0 Å². The molecule has 3 saturated heterocycles. The molecule has 0 N–H and O–H groups in total. The zero-order valence-corrected chi connectivity index (χ0v) is 10.0. The fourth-order valence-electron chi connectivity index (χ4n) is 4.08. The molecule has 0 radical (unpaired) electrons. The van der Waals surface area contributed by atoms with E-state index in [0.29, 0.717) is 11.8 Å². The zero-order valence-electron chi connectivity index (χ0n) is 10.0. The molecular weight excluding hydrogens is 201 g/mol. The SMILES string of the molecule is BC(C(=O)OC)=C1C2CC3CC1CN(C3)C2. The molecule has 0 spiro atoms. The highest BCUT2D eigenvalue weighted by atomic mass is 16.5. The van der Waals surface area contributed by atoms with Gasteiger partial charge in [0, 0.05) is 19.6 Å². The first-order valence-electron chi connectivity index (χ1n) is 6.20. The molecule has 16 heavy (non-hydrogen) atoms. The van der Waals surface area contributed by atoms with Gasteiger partial charge in [-0.1, -0.05) is 5.57 Å². The zero-order chi connectivity index (χ0) is 11.3. The molecule has 2 unspecified atom stereocenters. The number of methoxy groups -OCH3 is 1. The second-order valence-corrected chi connectivity index (χ2v) is 5.52. The van der Waals surface area contributed by atoms with E-state index >= 15 is 0 Å². The van der Waals surface area contributed by atoms with E-state index in [2.05, 4.69) is 4.90 Å².